The molecule has 0 bridgehead atoms. The monoisotopic (exact) mass is 160 g/mol. The predicted octanol–water partition coefficient (Wildman–Crippen LogP) is 1.84. The van der Waals surface area contributed by atoms with Gasteiger partial charge in [0.15, 0.2) is 0 Å². The summed E-state index contributed by atoms with van der Waals surface area (Å²) in [4.78, 5) is 0. The lowest BCUT2D eigenvalue weighted by Gasteiger charge is -2.13. The lowest BCUT2D eigenvalue weighted by Crippen LogP contribution is -2.23. The molecule has 0 saturated heterocycles. The Morgan fingerprint density at radius 1 is 1.50 bits per heavy atom. The highest BCUT2D eigenvalue weighted by atomic mass is 35.5. The van der Waals surface area contributed by atoms with Gasteiger partial charge in [-0.05, 0) is 19.4 Å². The van der Waals surface area contributed by atoms with E-state index in [2.05, 4.69) is 6.58 Å². The maximum Gasteiger partial charge on any atom is 0.121 e. The van der Waals surface area contributed by atoms with Crippen molar-refractivity contribution in [2.45, 2.75) is 13.8 Å². The van der Waals surface area contributed by atoms with Crippen LogP contribution in [-0.2, 0) is 0 Å². The largest absolute Gasteiger partial charge is 0.304 e. The number of nitrogens with two attached hydrogens (primary N) is 1. The molecule has 0 aliphatic rings. The van der Waals surface area contributed by atoms with E-state index >= 15 is 0 Å². The van der Waals surface area contributed by atoms with E-state index in [1.54, 1.807) is 7.05 Å². The smallest absolute Gasteiger partial charge is 0.121 e. The Hall–Kier alpha value is -0.470. The van der Waals surface area contributed by atoms with E-state index < -0.39 is 0 Å². The van der Waals surface area contributed by atoms with Crippen LogP contribution < -0.4 is 5.84 Å². The molecule has 0 aromatic heterocycles. The Bertz CT molecular complexity index is 170. The molecule has 2 nitrogen and oxygen atoms in total. The highest BCUT2D eigenvalue weighted by Crippen LogP contribution is 2.15. The average Bonchev–Trinajstić information content (AvgIpc) is 1.84. The third-order valence-corrected chi connectivity index (χ3v) is 1.81. The molecule has 0 spiro atoms. The van der Waals surface area contributed by atoms with Crippen LogP contribution in [0.3, 0.4) is 0 Å². The fourth-order valence-electron chi connectivity index (χ4n) is 0.441. The van der Waals surface area contributed by atoms with E-state index in [1.807, 2.05) is 13.8 Å². The van der Waals surface area contributed by atoms with Gasteiger partial charge < -0.3 is 5.01 Å². The van der Waals surface area contributed by atoms with Gasteiger partial charge in [-0.15, -0.1) is 0 Å². The van der Waals surface area contributed by atoms with Crippen molar-refractivity contribution < 1.29 is 0 Å². The molecule has 0 fully saturated rings. The number of rotatable bonds is 2. The van der Waals surface area contributed by atoms with E-state index in [0.29, 0.717) is 5.16 Å². The second-order valence-corrected chi connectivity index (χ2v) is 2.67. The zero-order chi connectivity index (χ0) is 8.31. The summed E-state index contributed by atoms with van der Waals surface area (Å²) < 4.78 is 0. The Kier molecular flexibility index (Phi) is 3.47. The molecule has 0 heterocycles. The highest BCUT2D eigenvalue weighted by Gasteiger charge is 2.00. The molecule has 0 aliphatic heterocycles. The molecular formula is C7H13ClN2. The molecule has 58 valence electrons. The third kappa shape index (κ3) is 2.42. The van der Waals surface area contributed by atoms with Gasteiger partial charge in [0.1, 0.15) is 5.16 Å². The molecule has 0 unspecified atom stereocenters. The van der Waals surface area contributed by atoms with E-state index in [4.69, 9.17) is 17.4 Å². The van der Waals surface area contributed by atoms with Crippen LogP contribution in [0.5, 0.6) is 0 Å². The van der Waals surface area contributed by atoms with Crippen molar-refractivity contribution in [3.63, 3.8) is 0 Å². The van der Waals surface area contributed by atoms with Crippen molar-refractivity contribution in [2.75, 3.05) is 7.05 Å². The average molecular weight is 161 g/mol. The zero-order valence-corrected chi connectivity index (χ0v) is 7.37. The second-order valence-electron chi connectivity index (χ2n) is 2.31. The maximum absolute atomic E-state index is 5.78. The molecular weight excluding hydrogens is 148 g/mol. The first-order chi connectivity index (χ1) is 4.46. The summed E-state index contributed by atoms with van der Waals surface area (Å²) in [6, 6.07) is 0. The van der Waals surface area contributed by atoms with Crippen LogP contribution in [0.1, 0.15) is 13.8 Å². The maximum atomic E-state index is 5.78. The van der Waals surface area contributed by atoms with Crippen LogP contribution in [0.4, 0.5) is 0 Å². The minimum atomic E-state index is 0.535. The molecule has 0 radical (unpaired) electrons. The lowest BCUT2D eigenvalue weighted by atomic mass is 10.2. The van der Waals surface area contributed by atoms with Gasteiger partial charge in [0, 0.05) is 7.05 Å². The van der Waals surface area contributed by atoms with Gasteiger partial charge in [0.25, 0.3) is 0 Å². The Balaban J connectivity index is 4.50. The predicted molar refractivity (Wildman–Crippen MR) is 45.3 cm³/mol. The summed E-state index contributed by atoms with van der Waals surface area (Å²) in [7, 11) is 1.69. The van der Waals surface area contributed by atoms with Crippen molar-refractivity contribution in [3.05, 3.63) is 22.9 Å². The first-order valence-electron chi connectivity index (χ1n) is 2.97. The third-order valence-electron chi connectivity index (χ3n) is 1.26. The van der Waals surface area contributed by atoms with E-state index in [0.717, 1.165) is 11.1 Å². The van der Waals surface area contributed by atoms with Gasteiger partial charge in [-0.3, -0.25) is 0 Å². The first-order valence-corrected chi connectivity index (χ1v) is 3.35. The van der Waals surface area contributed by atoms with Gasteiger partial charge in [-0.1, -0.05) is 23.8 Å². The van der Waals surface area contributed by atoms with Crippen LogP contribution in [0.2, 0.25) is 0 Å². The topological polar surface area (TPSA) is 29.3 Å². The van der Waals surface area contributed by atoms with Crippen molar-refractivity contribution in [3.8, 4) is 0 Å². The minimum Gasteiger partial charge on any atom is -0.304 e. The first kappa shape index (κ1) is 9.53. The molecule has 0 atom stereocenters. The van der Waals surface area contributed by atoms with Crippen LogP contribution in [0, 0.1) is 0 Å². The van der Waals surface area contributed by atoms with Gasteiger partial charge in [-0.2, -0.15) is 0 Å². The number of hydrogen-bond donors (Lipinski definition) is 1. The molecule has 0 aromatic rings. The minimum absolute atomic E-state index is 0.535. The Morgan fingerprint density at radius 3 is 2.00 bits per heavy atom. The summed E-state index contributed by atoms with van der Waals surface area (Å²) in [6.07, 6.45) is 0. The fourth-order valence-corrected chi connectivity index (χ4v) is 0.602. The van der Waals surface area contributed by atoms with Crippen LogP contribution >= 0.6 is 11.6 Å². The van der Waals surface area contributed by atoms with Crippen LogP contribution in [0.25, 0.3) is 0 Å². The number of halogens is 1. The summed E-state index contributed by atoms with van der Waals surface area (Å²) >= 11 is 5.78. The van der Waals surface area contributed by atoms with Crippen molar-refractivity contribution in [1.29, 1.82) is 0 Å². The molecule has 10 heavy (non-hydrogen) atoms. The van der Waals surface area contributed by atoms with Gasteiger partial charge in [0.2, 0.25) is 0 Å². The quantitative estimate of drug-likeness (QED) is 0.289. The SMILES string of the molecule is C=C(C)/C(C)=C(/Cl)N(C)N. The summed E-state index contributed by atoms with van der Waals surface area (Å²) in [5.41, 5.74) is 1.86. The van der Waals surface area contributed by atoms with Gasteiger partial charge >= 0.3 is 0 Å². The van der Waals surface area contributed by atoms with Crippen molar-refractivity contribution >= 4 is 11.6 Å². The molecule has 0 amide bonds. The van der Waals surface area contributed by atoms with Gasteiger partial charge in [0.05, 0.1) is 0 Å². The van der Waals surface area contributed by atoms with Crippen LogP contribution in [0.15, 0.2) is 22.9 Å². The Labute approximate surface area is 66.9 Å². The van der Waals surface area contributed by atoms with Crippen molar-refractivity contribution in [1.82, 2.24) is 5.01 Å². The number of nitrogens with zero attached hydrogens (tertiary/aromatic N) is 1. The molecule has 0 aliphatic carbocycles. The normalized spacial score (nSPS) is 12.5. The summed E-state index contributed by atoms with van der Waals surface area (Å²) in [6.45, 7) is 7.51. The zero-order valence-electron chi connectivity index (χ0n) is 6.61. The number of allylic oxidation sites excluding steroid dienone is 2. The Morgan fingerprint density at radius 2 is 1.90 bits per heavy atom. The summed E-state index contributed by atoms with van der Waals surface area (Å²) in [5, 5.41) is 1.90. The van der Waals surface area contributed by atoms with Crippen LogP contribution in [-0.4, -0.2) is 12.1 Å². The molecule has 3 heteroatoms. The second kappa shape index (κ2) is 3.64. The van der Waals surface area contributed by atoms with Crippen molar-refractivity contribution in [2.24, 2.45) is 5.84 Å². The molecule has 2 N–H and O–H groups in total. The molecule has 0 rings (SSSR count). The fraction of sp³-hybridized carbons (Fsp3) is 0.429. The van der Waals surface area contributed by atoms with E-state index in [9.17, 15) is 0 Å². The molecule has 0 saturated carbocycles. The van der Waals surface area contributed by atoms with Gasteiger partial charge in [-0.25, -0.2) is 5.84 Å². The summed E-state index contributed by atoms with van der Waals surface area (Å²) in [5.74, 6) is 5.38. The highest BCUT2D eigenvalue weighted by molar-refractivity contribution is 6.29. The van der Waals surface area contributed by atoms with E-state index in [1.165, 1.54) is 5.01 Å². The number of hydrogen-bond acceptors (Lipinski definition) is 2. The number of hydrazine groups is 1. The molecule has 0 aromatic carbocycles. The lowest BCUT2D eigenvalue weighted by molar-refractivity contribution is 0.466. The standard InChI is InChI=1S/C7H13ClN2/c1-5(2)6(3)7(8)10(4)9/h1,9H2,2-4H3/b7-6-. The van der Waals surface area contributed by atoms with E-state index in [-0.39, 0.29) is 0 Å².